The minimum absolute atomic E-state index is 0.0188. The van der Waals surface area contributed by atoms with E-state index in [0.717, 1.165) is 19.3 Å². The van der Waals surface area contributed by atoms with E-state index >= 15 is 0 Å². The van der Waals surface area contributed by atoms with Gasteiger partial charge >= 0.3 is 0 Å². The number of thiocarbonyl (C=S) groups is 2. The van der Waals surface area contributed by atoms with Crippen LogP contribution in [0.1, 0.15) is 19.3 Å². The standard InChI is InChI=1S/C27H32N8O6S2/c36-24(28-11-13-30-26(42)32-18-3-7-20(8-4-18)34(38)39)22-16-1-2-17(15-16)23(22)25(37)29-12-14-31-27(43)33-19-5-9-21(10-6-19)35(40)41/h3-10,16-17,22-23H,1-2,11-15H2,(H,28,36)(H,29,37)(H2,30,32,42)(H2,31,33,43)/t16-,17+,22-,23+. The highest BCUT2D eigenvalue weighted by molar-refractivity contribution is 7.80. The zero-order chi connectivity index (χ0) is 30.9. The second-order valence-corrected chi connectivity index (χ2v) is 11.2. The van der Waals surface area contributed by atoms with E-state index in [-0.39, 0.29) is 46.9 Å². The summed E-state index contributed by atoms with van der Waals surface area (Å²) in [6.45, 7) is 1.35. The Morgan fingerprint density at radius 2 is 1.00 bits per heavy atom. The Bertz CT molecular complexity index is 1270. The summed E-state index contributed by atoms with van der Waals surface area (Å²) in [6, 6.07) is 11.7. The number of rotatable bonds is 12. The Balaban J connectivity index is 1.16. The molecule has 2 bridgehead atoms. The van der Waals surface area contributed by atoms with E-state index in [2.05, 4.69) is 31.9 Å². The topological polar surface area (TPSA) is 193 Å². The van der Waals surface area contributed by atoms with Crippen LogP contribution in [0, 0.1) is 43.9 Å². The Labute approximate surface area is 258 Å². The van der Waals surface area contributed by atoms with Gasteiger partial charge in [-0.15, -0.1) is 0 Å². The normalized spacial score (nSPS) is 20.0. The van der Waals surface area contributed by atoms with Crippen molar-refractivity contribution >= 4 is 69.2 Å². The van der Waals surface area contributed by atoms with Crippen LogP contribution in [0.5, 0.6) is 0 Å². The Morgan fingerprint density at radius 3 is 1.35 bits per heavy atom. The van der Waals surface area contributed by atoms with E-state index in [9.17, 15) is 29.8 Å². The number of fused-ring (bicyclic) bond motifs is 2. The number of hydrogen-bond acceptors (Lipinski definition) is 8. The summed E-state index contributed by atoms with van der Waals surface area (Å²) in [5, 5.41) is 39.9. The van der Waals surface area contributed by atoms with Gasteiger partial charge in [0.1, 0.15) is 0 Å². The van der Waals surface area contributed by atoms with Crippen LogP contribution in [-0.2, 0) is 9.59 Å². The van der Waals surface area contributed by atoms with Crippen LogP contribution in [0.4, 0.5) is 22.7 Å². The molecule has 2 aliphatic carbocycles. The van der Waals surface area contributed by atoms with Crippen molar-refractivity contribution in [2.75, 3.05) is 36.8 Å². The summed E-state index contributed by atoms with van der Waals surface area (Å²) in [7, 11) is 0. The van der Waals surface area contributed by atoms with Crippen molar-refractivity contribution in [1.29, 1.82) is 0 Å². The first-order valence-electron chi connectivity index (χ1n) is 13.8. The zero-order valence-electron chi connectivity index (χ0n) is 23.0. The van der Waals surface area contributed by atoms with Crippen molar-refractivity contribution in [3.8, 4) is 0 Å². The summed E-state index contributed by atoms with van der Waals surface area (Å²) >= 11 is 10.5. The predicted molar refractivity (Wildman–Crippen MR) is 168 cm³/mol. The molecule has 2 aromatic carbocycles. The van der Waals surface area contributed by atoms with Crippen LogP contribution in [0.15, 0.2) is 48.5 Å². The summed E-state index contributed by atoms with van der Waals surface area (Å²) in [5.41, 5.74) is 1.16. The third-order valence-electron chi connectivity index (χ3n) is 7.61. The maximum Gasteiger partial charge on any atom is 0.269 e. The molecule has 0 unspecified atom stereocenters. The molecule has 4 rings (SSSR count). The Hall–Kier alpha value is -4.44. The first-order valence-corrected chi connectivity index (χ1v) is 14.6. The van der Waals surface area contributed by atoms with Gasteiger partial charge in [-0.25, -0.2) is 0 Å². The van der Waals surface area contributed by atoms with Gasteiger partial charge in [0.25, 0.3) is 11.4 Å². The largest absolute Gasteiger partial charge is 0.361 e. The van der Waals surface area contributed by atoms with E-state index in [0.29, 0.717) is 47.8 Å². The average Bonchev–Trinajstić information content (AvgIpc) is 3.60. The molecule has 2 amide bonds. The number of nitro groups is 2. The number of carbonyl (C=O) groups excluding carboxylic acids is 2. The maximum atomic E-state index is 13.1. The van der Waals surface area contributed by atoms with Crippen LogP contribution in [-0.4, -0.2) is 58.1 Å². The number of amides is 2. The number of nitrogens with zero attached hydrogens (tertiary/aromatic N) is 2. The minimum atomic E-state index is -0.479. The number of benzene rings is 2. The smallest absolute Gasteiger partial charge is 0.269 e. The summed E-state index contributed by atoms with van der Waals surface area (Å²) in [4.78, 5) is 46.9. The molecule has 14 nitrogen and oxygen atoms in total. The Morgan fingerprint density at radius 1 is 0.651 bits per heavy atom. The number of non-ortho nitro benzene ring substituents is 2. The molecule has 0 aromatic heterocycles. The van der Waals surface area contributed by atoms with Crippen LogP contribution in [0.25, 0.3) is 0 Å². The predicted octanol–water partition coefficient (Wildman–Crippen LogP) is 2.67. The van der Waals surface area contributed by atoms with Crippen molar-refractivity contribution < 1.29 is 19.4 Å². The molecule has 228 valence electrons. The van der Waals surface area contributed by atoms with Crippen molar-refractivity contribution in [2.45, 2.75) is 19.3 Å². The molecule has 0 aliphatic heterocycles. The lowest BCUT2D eigenvalue weighted by Crippen LogP contribution is -2.47. The highest BCUT2D eigenvalue weighted by Gasteiger charge is 2.53. The van der Waals surface area contributed by atoms with E-state index < -0.39 is 9.85 Å². The molecule has 16 heteroatoms. The second-order valence-electron chi connectivity index (χ2n) is 10.3. The van der Waals surface area contributed by atoms with Crippen LogP contribution >= 0.6 is 24.4 Å². The lowest BCUT2D eigenvalue weighted by Gasteiger charge is -2.29. The number of nitro benzene ring substituents is 2. The van der Waals surface area contributed by atoms with Gasteiger partial charge < -0.3 is 31.9 Å². The van der Waals surface area contributed by atoms with Crippen molar-refractivity contribution in [1.82, 2.24) is 21.3 Å². The van der Waals surface area contributed by atoms with E-state index in [1.807, 2.05) is 0 Å². The fourth-order valence-corrected chi connectivity index (χ4v) is 6.13. The fourth-order valence-electron chi connectivity index (χ4n) is 5.69. The van der Waals surface area contributed by atoms with Crippen molar-refractivity contribution in [2.24, 2.45) is 23.7 Å². The average molecular weight is 629 g/mol. The zero-order valence-corrected chi connectivity index (χ0v) is 24.7. The van der Waals surface area contributed by atoms with Crippen molar-refractivity contribution in [3.05, 3.63) is 68.8 Å². The quantitative estimate of drug-likeness (QED) is 0.0873. The monoisotopic (exact) mass is 628 g/mol. The third-order valence-corrected chi connectivity index (χ3v) is 8.11. The third kappa shape index (κ3) is 8.54. The molecule has 0 spiro atoms. The molecule has 0 radical (unpaired) electrons. The van der Waals surface area contributed by atoms with Gasteiger partial charge in [-0.1, -0.05) is 0 Å². The van der Waals surface area contributed by atoms with Crippen molar-refractivity contribution in [3.63, 3.8) is 0 Å². The molecule has 0 saturated heterocycles. The molecule has 4 atom stereocenters. The number of hydrogen-bond donors (Lipinski definition) is 6. The first kappa shape index (κ1) is 31.5. The Kier molecular flexibility index (Phi) is 10.7. The molecule has 2 aliphatic rings. The van der Waals surface area contributed by atoms with E-state index in [1.165, 1.54) is 24.3 Å². The fraction of sp³-hybridized carbons (Fsp3) is 0.407. The van der Waals surface area contributed by atoms with Gasteiger partial charge in [-0.05, 0) is 79.8 Å². The molecule has 2 aromatic rings. The van der Waals surface area contributed by atoms with Gasteiger partial charge in [0.2, 0.25) is 11.8 Å². The van der Waals surface area contributed by atoms with Crippen LogP contribution < -0.4 is 31.9 Å². The molecule has 2 fully saturated rings. The molecule has 43 heavy (non-hydrogen) atoms. The highest BCUT2D eigenvalue weighted by atomic mass is 32.1. The van der Waals surface area contributed by atoms with Crippen LogP contribution in [0.2, 0.25) is 0 Å². The van der Waals surface area contributed by atoms with Gasteiger partial charge in [0, 0.05) is 61.8 Å². The van der Waals surface area contributed by atoms with Gasteiger partial charge in [0.05, 0.1) is 21.7 Å². The molecule has 0 heterocycles. The molecular weight excluding hydrogens is 596 g/mol. The number of anilines is 2. The first-order chi connectivity index (χ1) is 20.6. The number of carbonyl (C=O) groups is 2. The summed E-state index contributed by atoms with van der Waals surface area (Å²) in [5.74, 6) is -0.709. The van der Waals surface area contributed by atoms with E-state index in [4.69, 9.17) is 24.4 Å². The van der Waals surface area contributed by atoms with Gasteiger partial charge in [0.15, 0.2) is 10.2 Å². The SMILES string of the molecule is O=C(NCCNC(=S)Nc1ccc([N+](=O)[O-])cc1)[C@@H]1[C@@H]2CC[C@@H](C2)[C@@H]1C(=O)NCCNC(=S)Nc1ccc([N+](=O)[O-])cc1. The van der Waals surface area contributed by atoms with Gasteiger partial charge in [-0.2, -0.15) is 0 Å². The lowest BCUT2D eigenvalue weighted by atomic mass is 9.78. The molecule has 6 N–H and O–H groups in total. The van der Waals surface area contributed by atoms with E-state index in [1.54, 1.807) is 24.3 Å². The summed E-state index contributed by atoms with van der Waals surface area (Å²) in [6.07, 6.45) is 2.72. The van der Waals surface area contributed by atoms with Crippen LogP contribution in [0.3, 0.4) is 0 Å². The maximum absolute atomic E-state index is 13.1. The minimum Gasteiger partial charge on any atom is -0.361 e. The summed E-state index contributed by atoms with van der Waals surface area (Å²) < 4.78 is 0. The second kappa shape index (κ2) is 14.6. The lowest BCUT2D eigenvalue weighted by molar-refractivity contribution is -0.385. The number of nitrogens with one attached hydrogen (secondary N) is 6. The molecule has 2 saturated carbocycles. The molecular formula is C27H32N8O6S2. The highest BCUT2D eigenvalue weighted by Crippen LogP contribution is 2.52. The van der Waals surface area contributed by atoms with Gasteiger partial charge in [-0.3, -0.25) is 29.8 Å².